The number of nitrogens with zero attached hydrogens (tertiary/aromatic N) is 2. The van der Waals surface area contributed by atoms with Crippen LogP contribution in [-0.2, 0) is 0 Å². The molecule has 1 aliphatic rings. The van der Waals surface area contributed by atoms with E-state index < -0.39 is 0 Å². The average molecular weight is 505 g/mol. The number of carbonyl (C=O) groups is 2. The number of rotatable bonds is 4. The Morgan fingerprint density at radius 1 is 1.00 bits per heavy atom. The molecular formula is C22H19BrClN3O2S. The van der Waals surface area contributed by atoms with Gasteiger partial charge in [0.25, 0.3) is 11.8 Å². The molecular weight excluding hydrogens is 486 g/mol. The van der Waals surface area contributed by atoms with Crippen LogP contribution in [0, 0.1) is 0 Å². The number of thiophene rings is 1. The van der Waals surface area contributed by atoms with Gasteiger partial charge in [0, 0.05) is 41.9 Å². The van der Waals surface area contributed by atoms with Gasteiger partial charge in [-0.3, -0.25) is 9.59 Å². The lowest BCUT2D eigenvalue weighted by Crippen LogP contribution is -2.48. The van der Waals surface area contributed by atoms with Crippen molar-refractivity contribution in [2.75, 3.05) is 36.4 Å². The predicted molar refractivity (Wildman–Crippen MR) is 126 cm³/mol. The highest BCUT2D eigenvalue weighted by atomic mass is 79.9. The first kappa shape index (κ1) is 20.9. The highest BCUT2D eigenvalue weighted by molar-refractivity contribution is 9.10. The van der Waals surface area contributed by atoms with Crippen molar-refractivity contribution in [1.82, 2.24) is 4.90 Å². The van der Waals surface area contributed by atoms with Crippen LogP contribution in [0.3, 0.4) is 0 Å². The highest BCUT2D eigenvalue weighted by Gasteiger charge is 2.24. The Hall–Kier alpha value is -2.35. The fourth-order valence-corrected chi connectivity index (χ4v) is 4.77. The van der Waals surface area contributed by atoms with Crippen LogP contribution in [0.1, 0.15) is 20.0 Å². The van der Waals surface area contributed by atoms with Crippen molar-refractivity contribution in [2.24, 2.45) is 0 Å². The van der Waals surface area contributed by atoms with Crippen molar-refractivity contribution in [3.63, 3.8) is 0 Å². The van der Waals surface area contributed by atoms with Gasteiger partial charge < -0.3 is 15.1 Å². The Bertz CT molecular complexity index is 1070. The number of nitrogens with one attached hydrogen (secondary N) is 1. The van der Waals surface area contributed by atoms with Crippen molar-refractivity contribution in [2.45, 2.75) is 0 Å². The summed E-state index contributed by atoms with van der Waals surface area (Å²) in [7, 11) is 0. The third kappa shape index (κ3) is 4.69. The van der Waals surface area contributed by atoms with E-state index in [2.05, 4.69) is 26.1 Å². The molecule has 0 atom stereocenters. The van der Waals surface area contributed by atoms with Crippen LogP contribution >= 0.6 is 38.9 Å². The molecule has 0 saturated carbocycles. The normalized spacial score (nSPS) is 13.9. The standard InChI is InChI=1S/C22H19BrClN3O2S/c23-16-4-1-3-15(13-16)21(28)25-17-6-7-19(18(24)14-17)26-8-10-27(11-9-26)22(29)20-5-2-12-30-20/h1-7,12-14H,8-11H2,(H,25,28). The van der Waals surface area contributed by atoms with Gasteiger partial charge in [-0.05, 0) is 47.8 Å². The molecule has 3 aromatic rings. The van der Waals surface area contributed by atoms with Gasteiger partial charge in [0.1, 0.15) is 0 Å². The van der Waals surface area contributed by atoms with Crippen LogP contribution in [0.25, 0.3) is 0 Å². The first-order valence-electron chi connectivity index (χ1n) is 9.45. The first-order valence-corrected chi connectivity index (χ1v) is 11.5. The van der Waals surface area contributed by atoms with Crippen LogP contribution in [0.5, 0.6) is 0 Å². The van der Waals surface area contributed by atoms with Crippen molar-refractivity contribution in [3.05, 3.63) is 79.9 Å². The second kappa shape index (κ2) is 9.20. The maximum Gasteiger partial charge on any atom is 0.264 e. The van der Waals surface area contributed by atoms with E-state index >= 15 is 0 Å². The third-order valence-corrected chi connectivity index (χ3v) is 6.59. The van der Waals surface area contributed by atoms with Gasteiger partial charge in [-0.2, -0.15) is 0 Å². The third-order valence-electron chi connectivity index (χ3n) is 4.93. The summed E-state index contributed by atoms with van der Waals surface area (Å²) in [6, 6.07) is 16.5. The Morgan fingerprint density at radius 3 is 2.47 bits per heavy atom. The molecule has 0 unspecified atom stereocenters. The summed E-state index contributed by atoms with van der Waals surface area (Å²) in [5.41, 5.74) is 2.11. The van der Waals surface area contributed by atoms with Crippen molar-refractivity contribution in [3.8, 4) is 0 Å². The molecule has 0 radical (unpaired) electrons. The van der Waals surface area contributed by atoms with E-state index in [4.69, 9.17) is 11.6 Å². The summed E-state index contributed by atoms with van der Waals surface area (Å²) in [5.74, 6) is -0.109. The van der Waals surface area contributed by atoms with Gasteiger partial charge in [0.05, 0.1) is 15.6 Å². The van der Waals surface area contributed by atoms with Crippen LogP contribution in [0.4, 0.5) is 11.4 Å². The number of hydrogen-bond donors (Lipinski definition) is 1. The Labute approximate surface area is 192 Å². The van der Waals surface area contributed by atoms with Crippen LogP contribution in [-0.4, -0.2) is 42.9 Å². The van der Waals surface area contributed by atoms with Crippen molar-refractivity contribution >= 4 is 62.1 Å². The molecule has 1 saturated heterocycles. The largest absolute Gasteiger partial charge is 0.367 e. The number of piperazine rings is 1. The minimum atomic E-state index is -0.194. The van der Waals surface area contributed by atoms with E-state index in [1.807, 2.05) is 46.7 Å². The van der Waals surface area contributed by atoms with Gasteiger partial charge in [-0.15, -0.1) is 11.3 Å². The fraction of sp³-hybridized carbons (Fsp3) is 0.182. The molecule has 2 heterocycles. The van der Waals surface area contributed by atoms with E-state index in [0.717, 1.165) is 15.0 Å². The van der Waals surface area contributed by atoms with E-state index in [1.54, 1.807) is 18.2 Å². The summed E-state index contributed by atoms with van der Waals surface area (Å²) in [6.07, 6.45) is 0. The molecule has 1 aliphatic heterocycles. The number of hydrogen-bond acceptors (Lipinski definition) is 4. The number of benzene rings is 2. The molecule has 1 aromatic heterocycles. The van der Waals surface area contributed by atoms with E-state index in [1.165, 1.54) is 11.3 Å². The number of halogens is 2. The highest BCUT2D eigenvalue weighted by Crippen LogP contribution is 2.30. The minimum Gasteiger partial charge on any atom is -0.367 e. The molecule has 2 amide bonds. The summed E-state index contributed by atoms with van der Waals surface area (Å²) < 4.78 is 0.847. The molecule has 4 rings (SSSR count). The number of amides is 2. The number of carbonyl (C=O) groups excluding carboxylic acids is 2. The summed E-state index contributed by atoms with van der Waals surface area (Å²) >= 11 is 11.4. The van der Waals surface area contributed by atoms with E-state index in [0.29, 0.717) is 42.5 Å². The van der Waals surface area contributed by atoms with Gasteiger partial charge in [0.15, 0.2) is 0 Å². The Kier molecular flexibility index (Phi) is 6.41. The van der Waals surface area contributed by atoms with Crippen molar-refractivity contribution in [1.29, 1.82) is 0 Å². The zero-order valence-corrected chi connectivity index (χ0v) is 19.1. The maximum atomic E-state index is 12.5. The monoisotopic (exact) mass is 503 g/mol. The second-order valence-electron chi connectivity index (χ2n) is 6.89. The second-order valence-corrected chi connectivity index (χ2v) is 9.16. The fourth-order valence-electron chi connectivity index (χ4n) is 3.38. The van der Waals surface area contributed by atoms with Gasteiger partial charge >= 0.3 is 0 Å². The van der Waals surface area contributed by atoms with Gasteiger partial charge in [-0.25, -0.2) is 0 Å². The zero-order chi connectivity index (χ0) is 21.1. The minimum absolute atomic E-state index is 0.0846. The molecule has 30 heavy (non-hydrogen) atoms. The summed E-state index contributed by atoms with van der Waals surface area (Å²) in [5, 5.41) is 5.37. The van der Waals surface area contributed by atoms with Gasteiger partial charge in [-0.1, -0.05) is 39.7 Å². The van der Waals surface area contributed by atoms with Crippen LogP contribution < -0.4 is 10.2 Å². The molecule has 2 aromatic carbocycles. The first-order chi connectivity index (χ1) is 14.5. The SMILES string of the molecule is O=C(Nc1ccc(N2CCN(C(=O)c3cccs3)CC2)c(Cl)c1)c1cccc(Br)c1. The lowest BCUT2D eigenvalue weighted by Gasteiger charge is -2.36. The summed E-state index contributed by atoms with van der Waals surface area (Å²) in [4.78, 5) is 29.8. The average Bonchev–Trinajstić information content (AvgIpc) is 3.28. The lowest BCUT2D eigenvalue weighted by molar-refractivity contribution is 0.0751. The molecule has 0 spiro atoms. The molecule has 0 bridgehead atoms. The Balaban J connectivity index is 1.39. The Morgan fingerprint density at radius 2 is 1.80 bits per heavy atom. The predicted octanol–water partition coefficient (Wildman–Crippen LogP) is 5.38. The topological polar surface area (TPSA) is 52.7 Å². The molecule has 1 N–H and O–H groups in total. The van der Waals surface area contributed by atoms with Crippen molar-refractivity contribution < 1.29 is 9.59 Å². The summed E-state index contributed by atoms with van der Waals surface area (Å²) in [6.45, 7) is 2.71. The molecule has 0 aliphatic carbocycles. The molecule has 8 heteroatoms. The lowest BCUT2D eigenvalue weighted by atomic mass is 10.2. The van der Waals surface area contributed by atoms with E-state index in [-0.39, 0.29) is 11.8 Å². The van der Waals surface area contributed by atoms with Crippen LogP contribution in [0.15, 0.2) is 64.5 Å². The molecule has 154 valence electrons. The molecule has 5 nitrogen and oxygen atoms in total. The quantitative estimate of drug-likeness (QED) is 0.519. The van der Waals surface area contributed by atoms with Gasteiger partial charge in [0.2, 0.25) is 0 Å². The molecule has 1 fully saturated rings. The van der Waals surface area contributed by atoms with Crippen LogP contribution in [0.2, 0.25) is 5.02 Å². The zero-order valence-electron chi connectivity index (χ0n) is 16.0. The smallest absolute Gasteiger partial charge is 0.264 e. The van der Waals surface area contributed by atoms with E-state index in [9.17, 15) is 9.59 Å². The maximum absolute atomic E-state index is 12.5. The number of anilines is 2.